The standard InChI is InChI=1S/C17H15N3O4S/c1-7-3-4-11(8(2)5-7)19-15(22)13-12(18)9-6-10(17(23)24)14(21)20-16(9)25-13/h3-6H,18H2,1-2H3,(H,19,22)(H,20,21)(H,23,24). The Kier molecular flexibility index (Phi) is 4.05. The van der Waals surface area contributed by atoms with Crippen LogP contribution in [0.3, 0.4) is 0 Å². The van der Waals surface area contributed by atoms with Gasteiger partial charge in [0.1, 0.15) is 15.3 Å². The van der Waals surface area contributed by atoms with Crippen LogP contribution in [-0.4, -0.2) is 22.0 Å². The second-order valence-electron chi connectivity index (χ2n) is 5.68. The lowest BCUT2D eigenvalue weighted by Gasteiger charge is -2.08. The normalized spacial score (nSPS) is 10.8. The van der Waals surface area contributed by atoms with E-state index >= 15 is 0 Å². The summed E-state index contributed by atoms with van der Waals surface area (Å²) in [6, 6.07) is 6.82. The monoisotopic (exact) mass is 357 g/mol. The number of benzene rings is 1. The van der Waals surface area contributed by atoms with E-state index in [0.717, 1.165) is 22.5 Å². The number of nitrogen functional groups attached to an aromatic ring is 1. The number of hydrogen-bond donors (Lipinski definition) is 4. The van der Waals surface area contributed by atoms with Gasteiger partial charge >= 0.3 is 5.97 Å². The molecule has 1 aromatic carbocycles. The van der Waals surface area contributed by atoms with E-state index < -0.39 is 23.0 Å². The van der Waals surface area contributed by atoms with E-state index in [2.05, 4.69) is 10.3 Å². The van der Waals surface area contributed by atoms with Crippen molar-refractivity contribution in [2.75, 3.05) is 11.1 Å². The van der Waals surface area contributed by atoms with Crippen molar-refractivity contribution < 1.29 is 14.7 Å². The number of carbonyl (C=O) groups is 2. The average Bonchev–Trinajstić information content (AvgIpc) is 2.85. The number of aromatic amines is 1. The molecule has 0 atom stereocenters. The molecule has 0 unspecified atom stereocenters. The lowest BCUT2D eigenvalue weighted by atomic mass is 10.1. The summed E-state index contributed by atoms with van der Waals surface area (Å²) in [7, 11) is 0. The number of amides is 1. The van der Waals surface area contributed by atoms with Gasteiger partial charge in [-0.25, -0.2) is 4.79 Å². The number of carboxylic acid groups (broad SMARTS) is 1. The summed E-state index contributed by atoms with van der Waals surface area (Å²) in [5, 5.41) is 12.2. The zero-order valence-electron chi connectivity index (χ0n) is 13.5. The third kappa shape index (κ3) is 2.99. The Labute approximate surface area is 146 Å². The molecule has 0 spiro atoms. The van der Waals surface area contributed by atoms with Crippen molar-refractivity contribution in [2.45, 2.75) is 13.8 Å². The van der Waals surface area contributed by atoms with Crippen LogP contribution in [-0.2, 0) is 0 Å². The molecule has 2 heterocycles. The van der Waals surface area contributed by atoms with Gasteiger partial charge in [0.25, 0.3) is 11.5 Å². The van der Waals surface area contributed by atoms with Crippen molar-refractivity contribution >= 4 is 44.8 Å². The van der Waals surface area contributed by atoms with Gasteiger partial charge in [-0.1, -0.05) is 17.7 Å². The van der Waals surface area contributed by atoms with Crippen LogP contribution in [0.4, 0.5) is 11.4 Å². The van der Waals surface area contributed by atoms with Crippen LogP contribution in [0, 0.1) is 13.8 Å². The highest BCUT2D eigenvalue weighted by Gasteiger charge is 2.20. The van der Waals surface area contributed by atoms with Crippen molar-refractivity contribution in [3.8, 4) is 0 Å². The lowest BCUT2D eigenvalue weighted by molar-refractivity contribution is 0.0695. The predicted molar refractivity (Wildman–Crippen MR) is 97.7 cm³/mol. The Morgan fingerprint density at radius 3 is 2.60 bits per heavy atom. The minimum Gasteiger partial charge on any atom is -0.477 e. The molecule has 0 fully saturated rings. The number of carbonyl (C=O) groups excluding carboxylic acids is 1. The number of thiophene rings is 1. The molecule has 0 aliphatic carbocycles. The molecule has 0 aliphatic heterocycles. The topological polar surface area (TPSA) is 125 Å². The maximum absolute atomic E-state index is 12.6. The van der Waals surface area contributed by atoms with Gasteiger partial charge in [0.05, 0.1) is 5.69 Å². The van der Waals surface area contributed by atoms with Crippen molar-refractivity contribution in [3.05, 3.63) is 56.2 Å². The largest absolute Gasteiger partial charge is 0.477 e. The van der Waals surface area contributed by atoms with Gasteiger partial charge in [-0.15, -0.1) is 11.3 Å². The van der Waals surface area contributed by atoms with E-state index in [9.17, 15) is 14.4 Å². The zero-order chi connectivity index (χ0) is 18.3. The fourth-order valence-electron chi connectivity index (χ4n) is 2.53. The number of rotatable bonds is 3. The summed E-state index contributed by atoms with van der Waals surface area (Å²) in [6.45, 7) is 3.84. The molecule has 0 radical (unpaired) electrons. The minimum absolute atomic E-state index is 0.140. The minimum atomic E-state index is -1.35. The number of nitrogens with one attached hydrogen (secondary N) is 2. The van der Waals surface area contributed by atoms with Crippen LogP contribution < -0.4 is 16.6 Å². The van der Waals surface area contributed by atoms with E-state index in [1.165, 1.54) is 6.07 Å². The van der Waals surface area contributed by atoms with Gasteiger partial charge in [0.2, 0.25) is 0 Å². The first-order valence-corrected chi connectivity index (χ1v) is 8.16. The number of H-pyrrole nitrogens is 1. The molecular weight excluding hydrogens is 342 g/mol. The van der Waals surface area contributed by atoms with Gasteiger partial charge < -0.3 is 21.1 Å². The van der Waals surface area contributed by atoms with Crippen molar-refractivity contribution in [1.82, 2.24) is 4.98 Å². The SMILES string of the molecule is Cc1ccc(NC(=O)c2sc3[nH]c(=O)c(C(=O)O)cc3c2N)c(C)c1. The second kappa shape index (κ2) is 6.06. The third-order valence-corrected chi connectivity index (χ3v) is 4.95. The lowest BCUT2D eigenvalue weighted by Crippen LogP contribution is -2.16. The molecule has 0 saturated carbocycles. The van der Waals surface area contributed by atoms with Gasteiger partial charge in [-0.2, -0.15) is 0 Å². The summed E-state index contributed by atoms with van der Waals surface area (Å²) in [4.78, 5) is 38.4. The number of carboxylic acids is 1. The summed E-state index contributed by atoms with van der Waals surface area (Å²) in [6.07, 6.45) is 0. The number of aromatic nitrogens is 1. The number of aromatic carboxylic acids is 1. The van der Waals surface area contributed by atoms with E-state index in [4.69, 9.17) is 10.8 Å². The van der Waals surface area contributed by atoms with Crippen LogP contribution in [0.1, 0.15) is 31.2 Å². The first kappa shape index (κ1) is 16.7. The molecular formula is C17H15N3O4S. The van der Waals surface area contributed by atoms with Crippen LogP contribution in [0.15, 0.2) is 29.1 Å². The molecule has 7 nitrogen and oxygen atoms in total. The highest BCUT2D eigenvalue weighted by molar-refractivity contribution is 7.21. The molecule has 5 N–H and O–H groups in total. The molecule has 0 aliphatic rings. The number of fused-ring (bicyclic) bond motifs is 1. The first-order valence-electron chi connectivity index (χ1n) is 7.35. The fourth-order valence-corrected chi connectivity index (χ4v) is 3.52. The number of anilines is 2. The van der Waals surface area contributed by atoms with Crippen LogP contribution in [0.5, 0.6) is 0 Å². The molecule has 1 amide bonds. The van der Waals surface area contributed by atoms with Gasteiger partial charge in [-0.3, -0.25) is 9.59 Å². The van der Waals surface area contributed by atoms with Crippen molar-refractivity contribution in [3.63, 3.8) is 0 Å². The Bertz CT molecular complexity index is 1080. The molecule has 128 valence electrons. The quantitative estimate of drug-likeness (QED) is 0.573. The van der Waals surface area contributed by atoms with Gasteiger partial charge in [0.15, 0.2) is 0 Å². The van der Waals surface area contributed by atoms with E-state index in [-0.39, 0.29) is 10.6 Å². The summed E-state index contributed by atoms with van der Waals surface area (Å²) in [5.74, 6) is -1.77. The third-order valence-electron chi connectivity index (χ3n) is 3.81. The van der Waals surface area contributed by atoms with Crippen molar-refractivity contribution in [1.29, 1.82) is 0 Å². The van der Waals surface area contributed by atoms with Crippen molar-refractivity contribution in [2.24, 2.45) is 0 Å². The van der Waals surface area contributed by atoms with Gasteiger partial charge in [-0.05, 0) is 31.5 Å². The highest BCUT2D eigenvalue weighted by atomic mass is 32.1. The number of pyridine rings is 1. The zero-order valence-corrected chi connectivity index (χ0v) is 14.3. The smallest absolute Gasteiger partial charge is 0.341 e. The summed E-state index contributed by atoms with van der Waals surface area (Å²) in [5.41, 5.74) is 7.65. The second-order valence-corrected chi connectivity index (χ2v) is 6.70. The Balaban J connectivity index is 2.03. The summed E-state index contributed by atoms with van der Waals surface area (Å²) >= 11 is 1.01. The molecule has 0 saturated heterocycles. The van der Waals surface area contributed by atoms with Gasteiger partial charge in [0, 0.05) is 11.1 Å². The maximum atomic E-state index is 12.6. The Morgan fingerprint density at radius 1 is 1.24 bits per heavy atom. The summed E-state index contributed by atoms with van der Waals surface area (Å²) < 4.78 is 0. The highest BCUT2D eigenvalue weighted by Crippen LogP contribution is 2.32. The van der Waals surface area contributed by atoms with E-state index in [0.29, 0.717) is 15.9 Å². The number of hydrogen-bond acceptors (Lipinski definition) is 5. The number of aryl methyl sites for hydroxylation is 2. The fraction of sp³-hybridized carbons (Fsp3) is 0.118. The molecule has 25 heavy (non-hydrogen) atoms. The molecule has 3 rings (SSSR count). The molecule has 0 bridgehead atoms. The predicted octanol–water partition coefficient (Wildman–Crippen LogP) is 2.74. The Hall–Kier alpha value is -3.13. The molecule has 8 heteroatoms. The van der Waals surface area contributed by atoms with Crippen LogP contribution in [0.2, 0.25) is 0 Å². The number of nitrogens with two attached hydrogens (primary N) is 1. The Morgan fingerprint density at radius 2 is 1.96 bits per heavy atom. The first-order chi connectivity index (χ1) is 11.8. The van der Waals surface area contributed by atoms with E-state index in [1.54, 1.807) is 6.07 Å². The van der Waals surface area contributed by atoms with E-state index in [1.807, 2.05) is 26.0 Å². The molecule has 3 aromatic rings. The maximum Gasteiger partial charge on any atom is 0.341 e. The average molecular weight is 357 g/mol. The van der Waals surface area contributed by atoms with Crippen LogP contribution in [0.25, 0.3) is 10.2 Å². The molecule has 2 aromatic heterocycles. The van der Waals surface area contributed by atoms with Crippen LogP contribution >= 0.6 is 11.3 Å².